The highest BCUT2D eigenvalue weighted by molar-refractivity contribution is 6.42. The van der Waals surface area contributed by atoms with Gasteiger partial charge in [0.15, 0.2) is 0 Å². The second-order valence-electron chi connectivity index (χ2n) is 6.40. The first-order valence-electron chi connectivity index (χ1n) is 8.87. The molecule has 29 heavy (non-hydrogen) atoms. The van der Waals surface area contributed by atoms with Gasteiger partial charge in [-0.2, -0.15) is 0 Å². The number of rotatable bonds is 7. The van der Waals surface area contributed by atoms with E-state index >= 15 is 0 Å². The van der Waals surface area contributed by atoms with Crippen molar-refractivity contribution in [3.8, 4) is 0 Å². The predicted octanol–water partition coefficient (Wildman–Crippen LogP) is 4.16. The Balaban J connectivity index is 2.43. The Bertz CT molecular complexity index is 906. The predicted molar refractivity (Wildman–Crippen MR) is 107 cm³/mol. The molecule has 1 unspecified atom stereocenters. The standard InChI is InChI=1S/C20H21Cl2NO6/c1-4-6-14(24)28-9-29-20(27)16-11(3)23-10(2)15(19(25)26)17(16)12-7-5-8-13(21)18(12)22/h5,7-8,17,23H,4,6,9H2,1-3H3,(H,25,26). The molecular weight excluding hydrogens is 421 g/mol. The summed E-state index contributed by atoms with van der Waals surface area (Å²) in [5.74, 6) is -3.56. The van der Waals surface area contributed by atoms with Crippen LogP contribution in [0.3, 0.4) is 0 Å². The molecule has 0 aliphatic carbocycles. The lowest BCUT2D eigenvalue weighted by Gasteiger charge is -2.30. The molecule has 2 N–H and O–H groups in total. The van der Waals surface area contributed by atoms with Gasteiger partial charge in [-0.1, -0.05) is 42.3 Å². The molecule has 0 radical (unpaired) electrons. The van der Waals surface area contributed by atoms with Crippen molar-refractivity contribution in [1.29, 1.82) is 0 Å². The molecule has 1 heterocycles. The monoisotopic (exact) mass is 441 g/mol. The van der Waals surface area contributed by atoms with Gasteiger partial charge in [-0.25, -0.2) is 9.59 Å². The van der Waals surface area contributed by atoms with Crippen LogP contribution in [0.5, 0.6) is 0 Å². The van der Waals surface area contributed by atoms with Crippen LogP contribution in [0.2, 0.25) is 10.0 Å². The van der Waals surface area contributed by atoms with E-state index in [1.165, 1.54) is 0 Å². The molecule has 0 spiro atoms. The molecule has 9 heteroatoms. The van der Waals surface area contributed by atoms with Gasteiger partial charge in [0.2, 0.25) is 6.79 Å². The molecule has 2 rings (SSSR count). The maximum Gasteiger partial charge on any atom is 0.339 e. The number of carbonyl (C=O) groups excluding carboxylic acids is 2. The lowest BCUT2D eigenvalue weighted by molar-refractivity contribution is -0.164. The van der Waals surface area contributed by atoms with Crippen molar-refractivity contribution in [3.63, 3.8) is 0 Å². The summed E-state index contributed by atoms with van der Waals surface area (Å²) in [4.78, 5) is 36.2. The van der Waals surface area contributed by atoms with Gasteiger partial charge < -0.3 is 19.9 Å². The van der Waals surface area contributed by atoms with Crippen LogP contribution in [0.15, 0.2) is 40.7 Å². The van der Waals surface area contributed by atoms with E-state index in [1.807, 2.05) is 6.92 Å². The number of halogens is 2. The molecule has 7 nitrogen and oxygen atoms in total. The fraction of sp³-hybridized carbons (Fsp3) is 0.350. The van der Waals surface area contributed by atoms with Crippen LogP contribution < -0.4 is 5.32 Å². The smallest absolute Gasteiger partial charge is 0.339 e. The summed E-state index contributed by atoms with van der Waals surface area (Å²) in [6.07, 6.45) is 0.801. The third kappa shape index (κ3) is 5.10. The highest BCUT2D eigenvalue weighted by Gasteiger charge is 2.38. The van der Waals surface area contributed by atoms with E-state index < -0.39 is 30.6 Å². The molecule has 1 aliphatic rings. The van der Waals surface area contributed by atoms with Crippen LogP contribution in [0.25, 0.3) is 0 Å². The Hall–Kier alpha value is -2.51. The number of carboxylic acid groups (broad SMARTS) is 1. The summed E-state index contributed by atoms with van der Waals surface area (Å²) in [6.45, 7) is 4.45. The maximum atomic E-state index is 12.8. The minimum Gasteiger partial charge on any atom is -0.478 e. The maximum absolute atomic E-state index is 12.8. The molecule has 0 saturated carbocycles. The first-order valence-corrected chi connectivity index (χ1v) is 9.63. The average molecular weight is 442 g/mol. The van der Waals surface area contributed by atoms with Gasteiger partial charge in [-0.05, 0) is 31.9 Å². The highest BCUT2D eigenvalue weighted by Crippen LogP contribution is 2.43. The largest absolute Gasteiger partial charge is 0.478 e. The van der Waals surface area contributed by atoms with Crippen LogP contribution in [0.4, 0.5) is 0 Å². The Morgan fingerprint density at radius 2 is 1.76 bits per heavy atom. The topological polar surface area (TPSA) is 102 Å². The number of aliphatic carboxylic acids is 1. The van der Waals surface area contributed by atoms with Gasteiger partial charge in [0.1, 0.15) is 0 Å². The number of ether oxygens (including phenoxy) is 2. The fourth-order valence-electron chi connectivity index (χ4n) is 3.11. The second kappa shape index (κ2) is 9.80. The van der Waals surface area contributed by atoms with E-state index in [0.29, 0.717) is 23.4 Å². The van der Waals surface area contributed by atoms with Crippen LogP contribution in [-0.2, 0) is 23.9 Å². The summed E-state index contributed by atoms with van der Waals surface area (Å²) in [7, 11) is 0. The number of hydrogen-bond acceptors (Lipinski definition) is 6. The van der Waals surface area contributed by atoms with Crippen molar-refractivity contribution in [1.82, 2.24) is 5.32 Å². The lowest BCUT2D eigenvalue weighted by Crippen LogP contribution is -2.32. The number of nitrogens with one attached hydrogen (secondary N) is 1. The van der Waals surface area contributed by atoms with Crippen LogP contribution >= 0.6 is 23.2 Å². The van der Waals surface area contributed by atoms with Crippen molar-refractivity contribution < 1.29 is 29.0 Å². The molecule has 0 fully saturated rings. The van der Waals surface area contributed by atoms with E-state index in [4.69, 9.17) is 32.7 Å². The molecule has 1 aromatic carbocycles. The van der Waals surface area contributed by atoms with Crippen molar-refractivity contribution in [2.24, 2.45) is 0 Å². The molecule has 0 bridgehead atoms. The highest BCUT2D eigenvalue weighted by atomic mass is 35.5. The third-order valence-corrected chi connectivity index (χ3v) is 5.20. The summed E-state index contributed by atoms with van der Waals surface area (Å²) < 4.78 is 9.94. The molecule has 0 aromatic heterocycles. The van der Waals surface area contributed by atoms with E-state index in [1.54, 1.807) is 32.0 Å². The first-order chi connectivity index (χ1) is 13.7. The molecule has 1 aliphatic heterocycles. The van der Waals surface area contributed by atoms with Crippen molar-refractivity contribution in [2.75, 3.05) is 6.79 Å². The van der Waals surface area contributed by atoms with E-state index in [-0.39, 0.29) is 27.6 Å². The zero-order valence-corrected chi connectivity index (χ0v) is 17.7. The number of esters is 2. The van der Waals surface area contributed by atoms with Crippen LogP contribution in [0.1, 0.15) is 45.1 Å². The van der Waals surface area contributed by atoms with E-state index in [0.717, 1.165) is 0 Å². The zero-order chi connectivity index (χ0) is 21.7. The number of carboxylic acids is 1. The number of hydrogen-bond donors (Lipinski definition) is 2. The number of carbonyl (C=O) groups is 3. The second-order valence-corrected chi connectivity index (χ2v) is 7.18. The Labute approximate surface area is 178 Å². The molecule has 156 valence electrons. The Kier molecular flexibility index (Phi) is 7.70. The van der Waals surface area contributed by atoms with Crippen molar-refractivity contribution in [2.45, 2.75) is 39.5 Å². The zero-order valence-electron chi connectivity index (χ0n) is 16.2. The minimum absolute atomic E-state index is 0.0451. The first kappa shape index (κ1) is 22.8. The van der Waals surface area contributed by atoms with E-state index in [2.05, 4.69) is 5.32 Å². The van der Waals surface area contributed by atoms with Gasteiger partial charge in [0.05, 0.1) is 27.1 Å². The summed E-state index contributed by atoms with van der Waals surface area (Å²) >= 11 is 12.4. The van der Waals surface area contributed by atoms with Crippen molar-refractivity contribution in [3.05, 3.63) is 56.3 Å². The molecule has 1 aromatic rings. The number of benzene rings is 1. The SMILES string of the molecule is CCCC(=O)OCOC(=O)C1=C(C)NC(C)=C(C(=O)O)C1c1cccc(Cl)c1Cl. The summed E-state index contributed by atoms with van der Waals surface area (Å²) in [6, 6.07) is 4.78. The normalized spacial score (nSPS) is 16.4. The average Bonchev–Trinajstić information content (AvgIpc) is 2.63. The molecular formula is C20H21Cl2NO6. The number of dihydropyridines is 1. The quantitative estimate of drug-likeness (QED) is 0.483. The van der Waals surface area contributed by atoms with Crippen molar-refractivity contribution >= 4 is 41.1 Å². The van der Waals surface area contributed by atoms with Gasteiger partial charge in [0.25, 0.3) is 0 Å². The van der Waals surface area contributed by atoms with Gasteiger partial charge in [-0.15, -0.1) is 0 Å². The van der Waals surface area contributed by atoms with Gasteiger partial charge in [0, 0.05) is 17.8 Å². The third-order valence-electron chi connectivity index (χ3n) is 4.37. The summed E-state index contributed by atoms with van der Waals surface area (Å²) in [5.41, 5.74) is 1.10. The van der Waals surface area contributed by atoms with Crippen LogP contribution in [0, 0.1) is 0 Å². The van der Waals surface area contributed by atoms with Gasteiger partial charge in [-0.3, -0.25) is 4.79 Å². The molecule has 0 saturated heterocycles. The van der Waals surface area contributed by atoms with E-state index in [9.17, 15) is 19.5 Å². The Morgan fingerprint density at radius 3 is 2.38 bits per heavy atom. The Morgan fingerprint density at radius 1 is 1.10 bits per heavy atom. The lowest BCUT2D eigenvalue weighted by atomic mass is 9.80. The van der Waals surface area contributed by atoms with Gasteiger partial charge >= 0.3 is 17.9 Å². The fourth-order valence-corrected chi connectivity index (χ4v) is 3.52. The number of allylic oxidation sites excluding steroid dienone is 2. The minimum atomic E-state index is -1.22. The molecule has 0 amide bonds. The summed E-state index contributed by atoms with van der Waals surface area (Å²) in [5, 5.41) is 13.0. The molecule has 1 atom stereocenters. The van der Waals surface area contributed by atoms with Crippen LogP contribution in [-0.4, -0.2) is 29.8 Å².